The van der Waals surface area contributed by atoms with Crippen LogP contribution in [0.2, 0.25) is 0 Å². The number of nitrogens with two attached hydrogens (primary N) is 1. The van der Waals surface area contributed by atoms with Gasteiger partial charge < -0.3 is 20.8 Å². The van der Waals surface area contributed by atoms with Gasteiger partial charge in [0.15, 0.2) is 0 Å². The Kier molecular flexibility index (Phi) is 3.85. The van der Waals surface area contributed by atoms with Gasteiger partial charge in [-0.2, -0.15) is 9.97 Å². The zero-order chi connectivity index (χ0) is 18.1. The number of aryl methyl sites for hydroxylation is 2. The van der Waals surface area contributed by atoms with Gasteiger partial charge in [0.25, 0.3) is 0 Å². The van der Waals surface area contributed by atoms with Crippen molar-refractivity contribution in [3.05, 3.63) is 60.2 Å². The lowest BCUT2D eigenvalue weighted by atomic mass is 10.2. The van der Waals surface area contributed by atoms with Crippen LogP contribution in [0.1, 0.15) is 11.3 Å². The lowest BCUT2D eigenvalue weighted by Gasteiger charge is -2.10. The lowest BCUT2D eigenvalue weighted by molar-refractivity contribution is 1.13. The molecule has 130 valence electrons. The minimum Gasteiger partial charge on any atom is -0.383 e. The van der Waals surface area contributed by atoms with Gasteiger partial charge in [0.2, 0.25) is 5.95 Å². The van der Waals surface area contributed by atoms with Crippen LogP contribution in [-0.4, -0.2) is 24.3 Å². The molecule has 26 heavy (non-hydrogen) atoms. The molecule has 0 aromatic carbocycles. The maximum absolute atomic E-state index is 5.93. The molecule has 0 bridgehead atoms. The smallest absolute Gasteiger partial charge is 0.232 e. The van der Waals surface area contributed by atoms with E-state index >= 15 is 0 Å². The molecule has 4 rings (SSSR count). The summed E-state index contributed by atoms with van der Waals surface area (Å²) in [5.41, 5.74) is 9.66. The summed E-state index contributed by atoms with van der Waals surface area (Å²) in [6, 6.07) is 9.47. The second-order valence-electron chi connectivity index (χ2n) is 6.03. The van der Waals surface area contributed by atoms with Gasteiger partial charge in [-0.15, -0.1) is 0 Å². The molecule has 0 unspecified atom stereocenters. The first-order valence-corrected chi connectivity index (χ1v) is 8.12. The highest BCUT2D eigenvalue weighted by molar-refractivity contribution is 5.64. The molecule has 0 radical (unpaired) electrons. The van der Waals surface area contributed by atoms with Gasteiger partial charge in [0.05, 0.1) is 0 Å². The Labute approximate surface area is 150 Å². The number of imidazole rings is 1. The Bertz CT molecular complexity index is 1070. The molecule has 4 aromatic heterocycles. The number of hydrogen-bond acceptors (Lipinski definition) is 7. The Hall–Kier alpha value is -3.68. The maximum Gasteiger partial charge on any atom is 0.232 e. The molecule has 0 aliphatic rings. The molecule has 8 nitrogen and oxygen atoms in total. The van der Waals surface area contributed by atoms with Crippen LogP contribution in [0.5, 0.6) is 0 Å². The van der Waals surface area contributed by atoms with E-state index in [1.54, 1.807) is 12.3 Å². The maximum atomic E-state index is 5.93. The van der Waals surface area contributed by atoms with Crippen LogP contribution in [-0.2, 0) is 0 Å². The summed E-state index contributed by atoms with van der Waals surface area (Å²) in [7, 11) is 0. The van der Waals surface area contributed by atoms with Crippen molar-refractivity contribution in [2.24, 2.45) is 0 Å². The van der Waals surface area contributed by atoms with Crippen molar-refractivity contribution in [1.82, 2.24) is 24.3 Å². The van der Waals surface area contributed by atoms with Gasteiger partial charge in [-0.25, -0.2) is 9.97 Å². The van der Waals surface area contributed by atoms with E-state index in [2.05, 4.69) is 30.6 Å². The first-order valence-electron chi connectivity index (χ1n) is 8.12. The summed E-state index contributed by atoms with van der Waals surface area (Å²) in [5, 5.41) is 6.34. The van der Waals surface area contributed by atoms with Crippen molar-refractivity contribution in [3.63, 3.8) is 0 Å². The largest absolute Gasteiger partial charge is 0.383 e. The first-order chi connectivity index (χ1) is 12.5. The number of rotatable bonds is 4. The van der Waals surface area contributed by atoms with Crippen LogP contribution in [0.15, 0.2) is 48.9 Å². The van der Waals surface area contributed by atoms with Crippen molar-refractivity contribution >= 4 is 34.7 Å². The number of anilines is 5. The summed E-state index contributed by atoms with van der Waals surface area (Å²) in [5.74, 6) is 2.00. The Morgan fingerprint density at radius 1 is 0.923 bits per heavy atom. The van der Waals surface area contributed by atoms with Crippen LogP contribution in [0.4, 0.5) is 29.1 Å². The molecule has 4 aromatic rings. The first kappa shape index (κ1) is 15.8. The highest BCUT2D eigenvalue weighted by Crippen LogP contribution is 2.21. The SMILES string of the molecule is Cc1cc(C)nc(Nc2nc(N)cc(Nc3ccn4ccnc4c3)n2)c1. The predicted molar refractivity (Wildman–Crippen MR) is 102 cm³/mol. The molecule has 8 heteroatoms. The number of nitrogens with one attached hydrogen (secondary N) is 2. The fourth-order valence-electron chi connectivity index (χ4n) is 2.74. The molecule has 0 atom stereocenters. The van der Waals surface area contributed by atoms with Crippen LogP contribution in [0.25, 0.3) is 5.65 Å². The molecular weight excluding hydrogens is 328 g/mol. The fraction of sp³-hybridized carbons (Fsp3) is 0.111. The number of aromatic nitrogens is 5. The quantitative estimate of drug-likeness (QED) is 0.521. The summed E-state index contributed by atoms with van der Waals surface area (Å²) in [4.78, 5) is 17.4. The van der Waals surface area contributed by atoms with Gasteiger partial charge in [0, 0.05) is 42.1 Å². The Balaban J connectivity index is 1.61. The monoisotopic (exact) mass is 346 g/mol. The summed E-state index contributed by atoms with van der Waals surface area (Å²) in [6.07, 6.45) is 5.56. The zero-order valence-electron chi connectivity index (χ0n) is 14.4. The number of nitrogens with zero attached hydrogens (tertiary/aromatic N) is 5. The highest BCUT2D eigenvalue weighted by Gasteiger charge is 2.06. The van der Waals surface area contributed by atoms with Gasteiger partial charge >= 0.3 is 0 Å². The predicted octanol–water partition coefficient (Wildman–Crippen LogP) is 3.21. The molecule has 0 saturated heterocycles. The van der Waals surface area contributed by atoms with Gasteiger partial charge in [-0.05, 0) is 37.6 Å². The molecule has 0 fully saturated rings. The molecule has 0 spiro atoms. The topological polar surface area (TPSA) is 106 Å². The summed E-state index contributed by atoms with van der Waals surface area (Å²) in [6.45, 7) is 3.95. The normalized spacial score (nSPS) is 10.8. The third-order valence-corrected chi connectivity index (χ3v) is 3.75. The Morgan fingerprint density at radius 3 is 2.62 bits per heavy atom. The van der Waals surface area contributed by atoms with E-state index in [0.717, 1.165) is 22.6 Å². The van der Waals surface area contributed by atoms with Crippen LogP contribution < -0.4 is 16.4 Å². The number of hydrogen-bond donors (Lipinski definition) is 3. The van der Waals surface area contributed by atoms with E-state index in [1.165, 1.54) is 0 Å². The van der Waals surface area contributed by atoms with E-state index in [0.29, 0.717) is 23.4 Å². The molecule has 4 N–H and O–H groups in total. The van der Waals surface area contributed by atoms with E-state index in [9.17, 15) is 0 Å². The van der Waals surface area contributed by atoms with E-state index < -0.39 is 0 Å². The molecule has 0 aliphatic heterocycles. The Morgan fingerprint density at radius 2 is 1.77 bits per heavy atom. The van der Waals surface area contributed by atoms with Gasteiger partial charge in [-0.3, -0.25) is 0 Å². The third-order valence-electron chi connectivity index (χ3n) is 3.75. The van der Waals surface area contributed by atoms with E-state index in [1.807, 2.05) is 54.9 Å². The second-order valence-corrected chi connectivity index (χ2v) is 6.03. The highest BCUT2D eigenvalue weighted by atomic mass is 15.2. The van der Waals surface area contributed by atoms with Crippen LogP contribution in [0.3, 0.4) is 0 Å². The van der Waals surface area contributed by atoms with E-state index in [4.69, 9.17) is 5.73 Å². The molecular formula is C18H18N8. The second kappa shape index (κ2) is 6.32. The molecule has 4 heterocycles. The average Bonchev–Trinajstić information content (AvgIpc) is 3.01. The fourth-order valence-corrected chi connectivity index (χ4v) is 2.74. The molecule has 0 amide bonds. The summed E-state index contributed by atoms with van der Waals surface area (Å²) >= 11 is 0. The van der Waals surface area contributed by atoms with Crippen LogP contribution >= 0.6 is 0 Å². The van der Waals surface area contributed by atoms with Crippen molar-refractivity contribution in [2.45, 2.75) is 13.8 Å². The van der Waals surface area contributed by atoms with Crippen molar-refractivity contribution in [1.29, 1.82) is 0 Å². The van der Waals surface area contributed by atoms with Crippen molar-refractivity contribution in [3.8, 4) is 0 Å². The number of nitrogen functional groups attached to an aromatic ring is 1. The van der Waals surface area contributed by atoms with Crippen molar-refractivity contribution in [2.75, 3.05) is 16.4 Å². The zero-order valence-corrected chi connectivity index (χ0v) is 14.4. The number of fused-ring (bicyclic) bond motifs is 1. The van der Waals surface area contributed by atoms with Gasteiger partial charge in [0.1, 0.15) is 23.1 Å². The standard InChI is InChI=1S/C18H18N8/c1-11-7-12(2)21-15(8-11)24-18-23-14(19)10-16(25-18)22-13-3-5-26-6-4-20-17(26)9-13/h3-10H,1-2H3,(H4,19,21,22,23,24,25). The minimum atomic E-state index is 0.358. The number of pyridine rings is 2. The molecule has 0 aliphatic carbocycles. The van der Waals surface area contributed by atoms with E-state index in [-0.39, 0.29) is 0 Å². The average molecular weight is 346 g/mol. The lowest BCUT2D eigenvalue weighted by Crippen LogP contribution is -2.05. The van der Waals surface area contributed by atoms with Crippen LogP contribution in [0, 0.1) is 13.8 Å². The van der Waals surface area contributed by atoms with Gasteiger partial charge in [-0.1, -0.05) is 0 Å². The summed E-state index contributed by atoms with van der Waals surface area (Å²) < 4.78 is 1.93. The molecule has 0 saturated carbocycles. The minimum absolute atomic E-state index is 0.358. The third kappa shape index (κ3) is 3.39. The van der Waals surface area contributed by atoms with Crippen molar-refractivity contribution < 1.29 is 0 Å².